The van der Waals surface area contributed by atoms with Crippen molar-refractivity contribution in [2.75, 3.05) is 13.2 Å². The predicted octanol–water partition coefficient (Wildman–Crippen LogP) is 0.754. The fourth-order valence-corrected chi connectivity index (χ4v) is 1.12. The summed E-state index contributed by atoms with van der Waals surface area (Å²) in [6, 6.07) is 0.305. The topological polar surface area (TPSA) is 52.5 Å². The Labute approximate surface area is 81.2 Å². The average Bonchev–Trinajstić information content (AvgIpc) is 2.14. The third-order valence-corrected chi connectivity index (χ3v) is 2.82. The summed E-state index contributed by atoms with van der Waals surface area (Å²) >= 11 is 0. The highest BCUT2D eigenvalue weighted by Gasteiger charge is 2.28. The Morgan fingerprint density at radius 1 is 1.15 bits per heavy atom. The van der Waals surface area contributed by atoms with Crippen LogP contribution < -0.4 is 5.32 Å². The first-order valence-corrected chi connectivity index (χ1v) is 5.00. The first-order chi connectivity index (χ1) is 6.01. The molecule has 0 radical (unpaired) electrons. The fourth-order valence-electron chi connectivity index (χ4n) is 1.12. The van der Waals surface area contributed by atoms with Gasteiger partial charge in [0.15, 0.2) is 0 Å². The molecule has 0 aliphatic carbocycles. The molecule has 3 heteroatoms. The molecular formula is C10H23NO2. The highest BCUT2D eigenvalue weighted by atomic mass is 16.3. The minimum absolute atomic E-state index is 0.0168. The molecule has 0 saturated carbocycles. The Hall–Kier alpha value is -0.120. The first kappa shape index (κ1) is 12.9. The van der Waals surface area contributed by atoms with Crippen molar-refractivity contribution in [3.8, 4) is 0 Å². The van der Waals surface area contributed by atoms with Crippen molar-refractivity contribution in [2.24, 2.45) is 5.92 Å². The largest absolute Gasteiger partial charge is 0.394 e. The number of nitrogens with one attached hydrogen (secondary N) is 1. The van der Waals surface area contributed by atoms with Crippen LogP contribution >= 0.6 is 0 Å². The lowest BCUT2D eigenvalue weighted by Gasteiger charge is -2.34. The van der Waals surface area contributed by atoms with Gasteiger partial charge in [0.05, 0.1) is 18.8 Å². The van der Waals surface area contributed by atoms with Crippen LogP contribution in [0.5, 0.6) is 0 Å². The van der Waals surface area contributed by atoms with Gasteiger partial charge in [-0.15, -0.1) is 0 Å². The van der Waals surface area contributed by atoms with Crippen LogP contribution in [0.15, 0.2) is 0 Å². The van der Waals surface area contributed by atoms with Gasteiger partial charge < -0.3 is 15.5 Å². The van der Waals surface area contributed by atoms with E-state index in [-0.39, 0.29) is 13.2 Å². The van der Waals surface area contributed by atoms with E-state index in [4.69, 9.17) is 0 Å². The summed E-state index contributed by atoms with van der Waals surface area (Å²) in [5.41, 5.74) is -0.510. The van der Waals surface area contributed by atoms with Crippen molar-refractivity contribution in [1.82, 2.24) is 5.32 Å². The Bertz CT molecular complexity index is 125. The average molecular weight is 189 g/mol. The Balaban J connectivity index is 4.24. The zero-order valence-corrected chi connectivity index (χ0v) is 9.17. The van der Waals surface area contributed by atoms with E-state index in [1.165, 1.54) is 0 Å². The zero-order valence-electron chi connectivity index (χ0n) is 9.17. The molecule has 0 bridgehead atoms. The molecule has 1 unspecified atom stereocenters. The third kappa shape index (κ3) is 3.63. The lowest BCUT2D eigenvalue weighted by molar-refractivity contribution is 0.0740. The normalized spacial score (nSPS) is 15.0. The van der Waals surface area contributed by atoms with E-state index in [0.717, 1.165) is 6.42 Å². The molecule has 3 N–H and O–H groups in total. The van der Waals surface area contributed by atoms with Crippen molar-refractivity contribution < 1.29 is 10.2 Å². The van der Waals surface area contributed by atoms with Gasteiger partial charge in [0.25, 0.3) is 0 Å². The molecule has 0 aromatic heterocycles. The molecule has 0 aromatic carbocycles. The number of hydrogen-bond acceptors (Lipinski definition) is 3. The van der Waals surface area contributed by atoms with Crippen LogP contribution in [0.3, 0.4) is 0 Å². The Morgan fingerprint density at radius 2 is 1.62 bits per heavy atom. The minimum Gasteiger partial charge on any atom is -0.394 e. The van der Waals surface area contributed by atoms with Crippen molar-refractivity contribution >= 4 is 0 Å². The van der Waals surface area contributed by atoms with Gasteiger partial charge in [0.1, 0.15) is 0 Å². The van der Waals surface area contributed by atoms with Crippen LogP contribution in [-0.4, -0.2) is 35.0 Å². The van der Waals surface area contributed by atoms with Crippen LogP contribution in [0.25, 0.3) is 0 Å². The van der Waals surface area contributed by atoms with Crippen molar-refractivity contribution in [2.45, 2.75) is 45.7 Å². The van der Waals surface area contributed by atoms with E-state index in [1.807, 2.05) is 6.92 Å². The second-order valence-electron chi connectivity index (χ2n) is 4.13. The summed E-state index contributed by atoms with van der Waals surface area (Å²) in [7, 11) is 0. The van der Waals surface area contributed by atoms with Crippen LogP contribution in [0.4, 0.5) is 0 Å². The Morgan fingerprint density at radius 3 is 1.85 bits per heavy atom. The van der Waals surface area contributed by atoms with E-state index in [1.54, 1.807) is 0 Å². The second kappa shape index (κ2) is 5.58. The van der Waals surface area contributed by atoms with Crippen LogP contribution in [0.2, 0.25) is 0 Å². The molecule has 0 aromatic rings. The standard InChI is InChI=1S/C10H23NO2/c1-5-10(6-12,7-13)11-9(4)8(2)3/h8-9,11-13H,5-7H2,1-4H3. The fraction of sp³-hybridized carbons (Fsp3) is 1.00. The van der Waals surface area contributed by atoms with E-state index in [2.05, 4.69) is 26.1 Å². The lowest BCUT2D eigenvalue weighted by Crippen LogP contribution is -2.55. The van der Waals surface area contributed by atoms with Crippen LogP contribution in [0, 0.1) is 5.92 Å². The maximum Gasteiger partial charge on any atom is 0.0647 e. The van der Waals surface area contributed by atoms with Crippen molar-refractivity contribution in [3.05, 3.63) is 0 Å². The summed E-state index contributed by atoms with van der Waals surface area (Å²) in [6.45, 7) is 8.24. The summed E-state index contributed by atoms with van der Waals surface area (Å²) in [5.74, 6) is 0.504. The van der Waals surface area contributed by atoms with Crippen molar-refractivity contribution in [3.63, 3.8) is 0 Å². The molecule has 80 valence electrons. The summed E-state index contributed by atoms with van der Waals surface area (Å²) in [4.78, 5) is 0. The Kier molecular flexibility index (Phi) is 5.53. The van der Waals surface area contributed by atoms with E-state index >= 15 is 0 Å². The maximum absolute atomic E-state index is 9.18. The van der Waals surface area contributed by atoms with Gasteiger partial charge in [0.2, 0.25) is 0 Å². The molecule has 0 saturated heterocycles. The molecule has 0 spiro atoms. The molecule has 1 atom stereocenters. The van der Waals surface area contributed by atoms with E-state index in [9.17, 15) is 10.2 Å². The first-order valence-electron chi connectivity index (χ1n) is 5.00. The number of rotatable bonds is 6. The quantitative estimate of drug-likeness (QED) is 0.578. The minimum atomic E-state index is -0.510. The third-order valence-electron chi connectivity index (χ3n) is 2.82. The number of hydrogen-bond donors (Lipinski definition) is 3. The molecule has 3 nitrogen and oxygen atoms in total. The highest BCUT2D eigenvalue weighted by molar-refractivity contribution is 4.88. The van der Waals surface area contributed by atoms with Gasteiger partial charge in [-0.25, -0.2) is 0 Å². The van der Waals surface area contributed by atoms with Crippen molar-refractivity contribution in [1.29, 1.82) is 0 Å². The molecule has 0 amide bonds. The van der Waals surface area contributed by atoms with Gasteiger partial charge in [-0.1, -0.05) is 20.8 Å². The number of aliphatic hydroxyl groups is 2. The smallest absolute Gasteiger partial charge is 0.0647 e. The summed E-state index contributed by atoms with van der Waals surface area (Å²) < 4.78 is 0. The highest BCUT2D eigenvalue weighted by Crippen LogP contribution is 2.12. The van der Waals surface area contributed by atoms with Gasteiger partial charge in [-0.3, -0.25) is 0 Å². The van der Waals surface area contributed by atoms with Gasteiger partial charge in [-0.05, 0) is 19.3 Å². The monoisotopic (exact) mass is 189 g/mol. The van der Waals surface area contributed by atoms with Gasteiger partial charge in [0, 0.05) is 6.04 Å². The van der Waals surface area contributed by atoms with Gasteiger partial charge >= 0.3 is 0 Å². The molecule has 0 heterocycles. The number of aliphatic hydroxyl groups excluding tert-OH is 2. The molecular weight excluding hydrogens is 166 g/mol. The van der Waals surface area contributed by atoms with Gasteiger partial charge in [-0.2, -0.15) is 0 Å². The summed E-state index contributed by atoms with van der Waals surface area (Å²) in [5, 5.41) is 21.6. The second-order valence-corrected chi connectivity index (χ2v) is 4.13. The SMILES string of the molecule is CCC(CO)(CO)NC(C)C(C)C. The molecule has 0 aliphatic rings. The summed E-state index contributed by atoms with van der Waals surface area (Å²) in [6.07, 6.45) is 0.733. The molecule has 13 heavy (non-hydrogen) atoms. The molecule has 0 aliphatic heterocycles. The van der Waals surface area contributed by atoms with E-state index < -0.39 is 5.54 Å². The molecule has 0 rings (SSSR count). The lowest BCUT2D eigenvalue weighted by atomic mass is 9.94. The predicted molar refractivity (Wildman–Crippen MR) is 54.6 cm³/mol. The maximum atomic E-state index is 9.18. The zero-order chi connectivity index (χ0) is 10.5. The van der Waals surface area contributed by atoms with E-state index in [0.29, 0.717) is 12.0 Å². The van der Waals surface area contributed by atoms with Crippen LogP contribution in [-0.2, 0) is 0 Å². The molecule has 0 fully saturated rings. The van der Waals surface area contributed by atoms with Crippen LogP contribution in [0.1, 0.15) is 34.1 Å².